The minimum Gasteiger partial charge on any atom is -0.462 e. The van der Waals surface area contributed by atoms with Crippen molar-refractivity contribution in [3.8, 4) is 0 Å². The van der Waals surface area contributed by atoms with Crippen LogP contribution in [-0.4, -0.2) is 12.6 Å². The lowest BCUT2D eigenvalue weighted by Gasteiger charge is -2.02. The van der Waals surface area contributed by atoms with Gasteiger partial charge in [0.05, 0.1) is 6.61 Å². The molecule has 0 aromatic carbocycles. The molecule has 0 heterocycles. The molecule has 2 nitrogen and oxygen atoms in total. The second kappa shape index (κ2) is 11.3. The molecule has 0 atom stereocenters. The standard InChI is InChI=1S/C7H12O2.C3H6S/c1-4-7(8)9-5-6(2)3;1-2-3-4/h4,6H,1,5H2,2-3H3;2-4H,1H3. The highest BCUT2D eigenvalue weighted by Crippen LogP contribution is 1.92. The third-order valence-electron chi connectivity index (χ3n) is 0.875. The molecule has 0 radical (unpaired) electrons. The molecule has 0 amide bonds. The zero-order valence-corrected chi connectivity index (χ0v) is 9.38. The van der Waals surface area contributed by atoms with E-state index >= 15 is 0 Å². The Morgan fingerprint density at radius 1 is 1.62 bits per heavy atom. The average molecular weight is 202 g/mol. The van der Waals surface area contributed by atoms with E-state index < -0.39 is 0 Å². The summed E-state index contributed by atoms with van der Waals surface area (Å²) in [4.78, 5) is 10.4. The number of thiol groups is 1. The lowest BCUT2D eigenvalue weighted by Crippen LogP contribution is -2.06. The van der Waals surface area contributed by atoms with Gasteiger partial charge < -0.3 is 4.74 Å². The Hall–Kier alpha value is -0.700. The Morgan fingerprint density at radius 2 is 2.08 bits per heavy atom. The SMILES string of the molecule is C=CC(=O)OCC(C)C.CC=CS. The van der Waals surface area contributed by atoms with Crippen molar-refractivity contribution in [2.75, 3.05) is 6.61 Å². The Labute approximate surface area is 86.1 Å². The zero-order valence-electron chi connectivity index (χ0n) is 8.49. The van der Waals surface area contributed by atoms with Crippen LogP contribution >= 0.6 is 12.6 Å². The van der Waals surface area contributed by atoms with Crippen LogP contribution in [0.2, 0.25) is 0 Å². The molecule has 76 valence electrons. The first-order valence-corrected chi connectivity index (χ1v) is 4.64. The van der Waals surface area contributed by atoms with E-state index in [-0.39, 0.29) is 5.97 Å². The second-order valence-corrected chi connectivity index (χ2v) is 3.01. The Balaban J connectivity index is 0. The molecule has 0 fully saturated rings. The van der Waals surface area contributed by atoms with E-state index in [4.69, 9.17) is 4.74 Å². The van der Waals surface area contributed by atoms with Crippen molar-refractivity contribution in [3.05, 3.63) is 24.1 Å². The maximum absolute atomic E-state index is 10.4. The van der Waals surface area contributed by atoms with Crippen molar-refractivity contribution in [1.29, 1.82) is 0 Å². The largest absolute Gasteiger partial charge is 0.462 e. The summed E-state index contributed by atoms with van der Waals surface area (Å²) in [5.74, 6) is 0.0533. The Bertz CT molecular complexity index is 158. The normalized spacial score (nSPS) is 9.31. The highest BCUT2D eigenvalue weighted by molar-refractivity contribution is 7.83. The van der Waals surface area contributed by atoms with Gasteiger partial charge in [-0.15, -0.1) is 0 Å². The molecule has 0 saturated heterocycles. The van der Waals surface area contributed by atoms with Crippen molar-refractivity contribution in [2.45, 2.75) is 20.8 Å². The molecule has 0 aliphatic carbocycles. The van der Waals surface area contributed by atoms with E-state index in [1.807, 2.05) is 26.8 Å². The summed E-state index contributed by atoms with van der Waals surface area (Å²) in [6, 6.07) is 0. The third-order valence-corrected chi connectivity index (χ3v) is 1.17. The molecule has 0 aliphatic heterocycles. The van der Waals surface area contributed by atoms with Crippen LogP contribution in [0.25, 0.3) is 0 Å². The summed E-state index contributed by atoms with van der Waals surface area (Å²) in [6.45, 7) is 9.63. The predicted molar refractivity (Wildman–Crippen MR) is 59.8 cm³/mol. The Kier molecular flexibility index (Phi) is 12.9. The number of carbonyl (C=O) groups is 1. The van der Waals surface area contributed by atoms with E-state index in [2.05, 4.69) is 19.2 Å². The molecule has 0 N–H and O–H groups in total. The number of hydrogen-bond donors (Lipinski definition) is 1. The fourth-order valence-electron chi connectivity index (χ4n) is 0.308. The highest BCUT2D eigenvalue weighted by Gasteiger charge is 1.96. The van der Waals surface area contributed by atoms with Crippen LogP contribution in [0, 0.1) is 5.92 Å². The van der Waals surface area contributed by atoms with Gasteiger partial charge in [0.2, 0.25) is 0 Å². The van der Waals surface area contributed by atoms with Crippen LogP contribution in [0.1, 0.15) is 20.8 Å². The van der Waals surface area contributed by atoms with Crippen LogP contribution in [0.15, 0.2) is 24.1 Å². The fourth-order valence-corrected chi connectivity index (χ4v) is 0.308. The Morgan fingerprint density at radius 3 is 2.31 bits per heavy atom. The van der Waals surface area contributed by atoms with Gasteiger partial charge in [0.25, 0.3) is 0 Å². The van der Waals surface area contributed by atoms with Crippen molar-refractivity contribution in [3.63, 3.8) is 0 Å². The summed E-state index contributed by atoms with van der Waals surface area (Å²) >= 11 is 3.74. The minimum absolute atomic E-state index is 0.344. The molecular weight excluding hydrogens is 184 g/mol. The maximum Gasteiger partial charge on any atom is 0.330 e. The lowest BCUT2D eigenvalue weighted by atomic mass is 10.2. The van der Waals surface area contributed by atoms with Gasteiger partial charge in [-0.05, 0) is 18.2 Å². The molecule has 0 rings (SSSR count). The highest BCUT2D eigenvalue weighted by atomic mass is 32.1. The first-order valence-electron chi connectivity index (χ1n) is 4.13. The second-order valence-electron chi connectivity index (χ2n) is 2.71. The van der Waals surface area contributed by atoms with E-state index in [1.165, 1.54) is 6.08 Å². The quantitative estimate of drug-likeness (QED) is 0.433. The zero-order chi connectivity index (χ0) is 10.7. The molecule has 3 heteroatoms. The molecule has 0 unspecified atom stereocenters. The van der Waals surface area contributed by atoms with Crippen molar-refractivity contribution >= 4 is 18.6 Å². The topological polar surface area (TPSA) is 26.3 Å². The molecule has 0 aliphatic rings. The van der Waals surface area contributed by atoms with Crippen LogP contribution in [0.3, 0.4) is 0 Å². The monoisotopic (exact) mass is 202 g/mol. The van der Waals surface area contributed by atoms with Gasteiger partial charge in [-0.1, -0.05) is 26.5 Å². The van der Waals surface area contributed by atoms with Crippen molar-refractivity contribution in [2.24, 2.45) is 5.92 Å². The lowest BCUT2D eigenvalue weighted by molar-refractivity contribution is -0.138. The molecule has 0 bridgehead atoms. The molecule has 0 saturated carbocycles. The maximum atomic E-state index is 10.4. The van der Waals surface area contributed by atoms with Crippen molar-refractivity contribution < 1.29 is 9.53 Å². The number of ether oxygens (including phenoxy) is 1. The summed E-state index contributed by atoms with van der Waals surface area (Å²) < 4.78 is 4.70. The first kappa shape index (κ1) is 14.8. The average Bonchev–Trinajstić information content (AvgIpc) is 2.14. The van der Waals surface area contributed by atoms with Gasteiger partial charge in [-0.3, -0.25) is 0 Å². The fraction of sp³-hybridized carbons (Fsp3) is 0.500. The molecular formula is C10H18O2S. The minimum atomic E-state index is -0.344. The van der Waals surface area contributed by atoms with E-state index in [0.717, 1.165) is 0 Å². The summed E-state index contributed by atoms with van der Waals surface area (Å²) in [5.41, 5.74) is 0. The molecule has 0 spiro atoms. The van der Waals surface area contributed by atoms with E-state index in [1.54, 1.807) is 5.41 Å². The summed E-state index contributed by atoms with van der Waals surface area (Å²) in [7, 11) is 0. The van der Waals surface area contributed by atoms with Crippen LogP contribution in [0.4, 0.5) is 0 Å². The summed E-state index contributed by atoms with van der Waals surface area (Å²) in [5, 5.41) is 1.69. The smallest absolute Gasteiger partial charge is 0.330 e. The number of allylic oxidation sites excluding steroid dienone is 1. The van der Waals surface area contributed by atoms with Gasteiger partial charge in [0, 0.05) is 6.08 Å². The molecule has 13 heavy (non-hydrogen) atoms. The van der Waals surface area contributed by atoms with Gasteiger partial charge in [0.15, 0.2) is 0 Å². The van der Waals surface area contributed by atoms with Gasteiger partial charge >= 0.3 is 5.97 Å². The molecule has 0 aromatic heterocycles. The van der Waals surface area contributed by atoms with Crippen LogP contribution in [0.5, 0.6) is 0 Å². The van der Waals surface area contributed by atoms with E-state index in [0.29, 0.717) is 12.5 Å². The van der Waals surface area contributed by atoms with Gasteiger partial charge in [0.1, 0.15) is 0 Å². The van der Waals surface area contributed by atoms with Crippen LogP contribution < -0.4 is 0 Å². The van der Waals surface area contributed by atoms with Gasteiger partial charge in [-0.2, -0.15) is 12.6 Å². The number of hydrogen-bond acceptors (Lipinski definition) is 3. The number of rotatable bonds is 3. The molecule has 0 aromatic rings. The van der Waals surface area contributed by atoms with Crippen LogP contribution in [-0.2, 0) is 9.53 Å². The summed E-state index contributed by atoms with van der Waals surface area (Å²) in [6.07, 6.45) is 3.03. The van der Waals surface area contributed by atoms with E-state index in [9.17, 15) is 4.79 Å². The van der Waals surface area contributed by atoms with Gasteiger partial charge in [-0.25, -0.2) is 4.79 Å². The third kappa shape index (κ3) is 18.3. The predicted octanol–water partition coefficient (Wildman–Crippen LogP) is 2.82. The first-order chi connectivity index (χ1) is 6.08. The number of carbonyl (C=O) groups excluding carboxylic acids is 1. The van der Waals surface area contributed by atoms with Crippen molar-refractivity contribution in [1.82, 2.24) is 0 Å². The number of esters is 1.